The lowest BCUT2D eigenvalue weighted by atomic mass is 10.1. The molecule has 2 rings (SSSR count). The van der Waals surface area contributed by atoms with Gasteiger partial charge in [-0.25, -0.2) is 8.42 Å². The Morgan fingerprint density at radius 3 is 2.58 bits per heavy atom. The molecule has 0 aliphatic heterocycles. The number of rotatable bonds is 3. The van der Waals surface area contributed by atoms with Gasteiger partial charge >= 0.3 is 0 Å². The topological polar surface area (TPSA) is 101 Å². The van der Waals surface area contributed by atoms with E-state index in [-0.39, 0.29) is 10.7 Å². The second-order valence-corrected chi connectivity index (χ2v) is 6.70. The smallest absolute Gasteiger partial charge is 0.267 e. The fourth-order valence-electron chi connectivity index (χ4n) is 1.73. The summed E-state index contributed by atoms with van der Waals surface area (Å²) in [5, 5.41) is 6.00. The van der Waals surface area contributed by atoms with E-state index in [0.717, 1.165) is 11.1 Å². The molecular weight excluding hydrogens is 332 g/mol. The first-order chi connectivity index (χ1) is 8.81. The number of aromatic nitrogens is 2. The third-order valence-corrected chi connectivity index (χ3v) is 4.59. The largest absolute Gasteiger partial charge is 0.383 e. The van der Waals surface area contributed by atoms with Crippen LogP contribution in [0, 0.1) is 13.8 Å². The number of sulfonamides is 1. The molecule has 1 aromatic carbocycles. The molecule has 0 amide bonds. The maximum absolute atomic E-state index is 12.2. The van der Waals surface area contributed by atoms with E-state index in [2.05, 4.69) is 30.8 Å². The van der Waals surface area contributed by atoms with Crippen molar-refractivity contribution in [3.63, 3.8) is 0 Å². The predicted molar refractivity (Wildman–Crippen MR) is 77.4 cm³/mol. The summed E-state index contributed by atoms with van der Waals surface area (Å²) in [6.07, 6.45) is 1.18. The van der Waals surface area contributed by atoms with E-state index in [0.29, 0.717) is 10.2 Å². The molecule has 0 atom stereocenters. The molecule has 0 radical (unpaired) electrons. The molecule has 19 heavy (non-hydrogen) atoms. The first-order valence-electron chi connectivity index (χ1n) is 5.39. The highest BCUT2D eigenvalue weighted by atomic mass is 79.9. The van der Waals surface area contributed by atoms with Crippen LogP contribution in [0.25, 0.3) is 0 Å². The summed E-state index contributed by atoms with van der Waals surface area (Å²) in [4.78, 5) is -0.0700. The lowest BCUT2D eigenvalue weighted by molar-refractivity contribution is 0.601. The number of anilines is 2. The average molecular weight is 345 g/mol. The molecule has 0 bridgehead atoms. The van der Waals surface area contributed by atoms with Gasteiger partial charge in [0.25, 0.3) is 10.0 Å². The van der Waals surface area contributed by atoms with Crippen LogP contribution in [-0.2, 0) is 10.0 Å². The van der Waals surface area contributed by atoms with E-state index in [4.69, 9.17) is 5.73 Å². The number of nitrogens with one attached hydrogen (secondary N) is 2. The van der Waals surface area contributed by atoms with Crippen LogP contribution in [0.3, 0.4) is 0 Å². The van der Waals surface area contributed by atoms with Crippen molar-refractivity contribution in [3.05, 3.63) is 33.9 Å². The monoisotopic (exact) mass is 344 g/mol. The highest BCUT2D eigenvalue weighted by Gasteiger charge is 2.21. The number of nitrogens with zero attached hydrogens (tertiary/aromatic N) is 1. The Hall–Kier alpha value is -1.54. The van der Waals surface area contributed by atoms with Crippen LogP contribution in [0.5, 0.6) is 0 Å². The van der Waals surface area contributed by atoms with E-state index in [1.807, 2.05) is 26.0 Å². The molecule has 0 saturated carbocycles. The minimum atomic E-state index is -3.76. The third-order valence-electron chi connectivity index (χ3n) is 2.59. The molecule has 1 aromatic heterocycles. The van der Waals surface area contributed by atoms with Crippen molar-refractivity contribution in [2.45, 2.75) is 18.7 Å². The van der Waals surface area contributed by atoms with Crippen LogP contribution < -0.4 is 10.5 Å². The van der Waals surface area contributed by atoms with Crippen LogP contribution in [-0.4, -0.2) is 18.6 Å². The van der Waals surface area contributed by atoms with Gasteiger partial charge in [-0.1, -0.05) is 6.07 Å². The second kappa shape index (κ2) is 4.86. The molecule has 0 aliphatic carbocycles. The molecule has 4 N–H and O–H groups in total. The minimum absolute atomic E-state index is 0.00777. The zero-order chi connectivity index (χ0) is 14.2. The Balaban J connectivity index is 2.45. The van der Waals surface area contributed by atoms with Crippen LogP contribution >= 0.6 is 15.9 Å². The van der Waals surface area contributed by atoms with Crippen molar-refractivity contribution in [1.82, 2.24) is 10.2 Å². The molecular formula is C11H13BrN4O2S. The van der Waals surface area contributed by atoms with Crippen molar-refractivity contribution in [2.75, 3.05) is 10.5 Å². The Morgan fingerprint density at radius 1 is 1.37 bits per heavy atom. The highest BCUT2D eigenvalue weighted by molar-refractivity contribution is 9.10. The van der Waals surface area contributed by atoms with E-state index in [1.54, 1.807) is 0 Å². The van der Waals surface area contributed by atoms with Gasteiger partial charge in [-0.15, -0.1) is 0 Å². The van der Waals surface area contributed by atoms with E-state index < -0.39 is 10.0 Å². The quantitative estimate of drug-likeness (QED) is 0.794. The number of hydrogen-bond acceptors (Lipinski definition) is 4. The fourth-order valence-corrected chi connectivity index (χ4v) is 3.81. The first-order valence-corrected chi connectivity index (χ1v) is 7.67. The van der Waals surface area contributed by atoms with Crippen LogP contribution in [0.4, 0.5) is 11.5 Å². The molecule has 8 heteroatoms. The Morgan fingerprint density at radius 2 is 2.05 bits per heavy atom. The fraction of sp³-hybridized carbons (Fsp3) is 0.182. The molecule has 6 nitrogen and oxygen atoms in total. The van der Waals surface area contributed by atoms with Gasteiger partial charge in [0, 0.05) is 4.47 Å². The number of nitrogens with two attached hydrogens (primary N) is 1. The maximum Gasteiger partial charge on any atom is 0.267 e. The van der Waals surface area contributed by atoms with Gasteiger partial charge < -0.3 is 5.73 Å². The van der Waals surface area contributed by atoms with E-state index >= 15 is 0 Å². The molecule has 0 spiro atoms. The number of hydrogen-bond donors (Lipinski definition) is 3. The number of halogens is 1. The molecule has 0 fully saturated rings. The SMILES string of the molecule is Cc1cc(C)c(NS(=O)(=O)c2cn[nH]c2N)c(Br)c1. The standard InChI is InChI=1S/C11H13BrN4O2S/c1-6-3-7(2)10(8(12)4-6)16-19(17,18)9-5-14-15-11(9)13/h3-5,16H,1-2H3,(H3,13,14,15). The number of H-pyrrole nitrogens is 1. The van der Waals surface area contributed by atoms with E-state index in [1.165, 1.54) is 6.20 Å². The third kappa shape index (κ3) is 2.74. The zero-order valence-electron chi connectivity index (χ0n) is 10.4. The number of benzene rings is 1. The summed E-state index contributed by atoms with van der Waals surface area (Å²) in [6, 6.07) is 3.73. The van der Waals surface area contributed by atoms with Crippen LogP contribution in [0.15, 0.2) is 27.7 Å². The maximum atomic E-state index is 12.2. The molecule has 0 aliphatic rings. The van der Waals surface area contributed by atoms with Gasteiger partial charge in [-0.2, -0.15) is 5.10 Å². The molecule has 2 aromatic rings. The van der Waals surface area contributed by atoms with Gasteiger partial charge in [0.15, 0.2) is 0 Å². The molecule has 0 saturated heterocycles. The lowest BCUT2D eigenvalue weighted by Gasteiger charge is -2.12. The summed E-state index contributed by atoms with van der Waals surface area (Å²) in [7, 11) is -3.76. The number of aromatic amines is 1. The van der Waals surface area contributed by atoms with E-state index in [9.17, 15) is 8.42 Å². The van der Waals surface area contributed by atoms with Crippen LogP contribution in [0.1, 0.15) is 11.1 Å². The highest BCUT2D eigenvalue weighted by Crippen LogP contribution is 2.30. The summed E-state index contributed by atoms with van der Waals surface area (Å²) in [5.74, 6) is 0.00777. The van der Waals surface area contributed by atoms with Crippen molar-refractivity contribution >= 4 is 37.5 Å². The molecule has 1 heterocycles. The molecule has 102 valence electrons. The Kier molecular flexibility index (Phi) is 3.55. The van der Waals surface area contributed by atoms with Gasteiger partial charge in [-0.05, 0) is 47.0 Å². The van der Waals surface area contributed by atoms with Gasteiger partial charge in [0.2, 0.25) is 0 Å². The normalized spacial score (nSPS) is 11.5. The number of aryl methyl sites for hydroxylation is 2. The lowest BCUT2D eigenvalue weighted by Crippen LogP contribution is -2.15. The van der Waals surface area contributed by atoms with Gasteiger partial charge in [0.1, 0.15) is 10.7 Å². The average Bonchev–Trinajstić information content (AvgIpc) is 2.70. The van der Waals surface area contributed by atoms with Crippen molar-refractivity contribution in [3.8, 4) is 0 Å². The summed E-state index contributed by atoms with van der Waals surface area (Å²) in [6.45, 7) is 3.76. The molecule has 0 unspecified atom stereocenters. The van der Waals surface area contributed by atoms with Crippen molar-refractivity contribution in [2.24, 2.45) is 0 Å². The summed E-state index contributed by atoms with van der Waals surface area (Å²) >= 11 is 3.35. The Bertz CT molecular complexity index is 701. The summed E-state index contributed by atoms with van der Waals surface area (Å²) < 4.78 is 27.6. The van der Waals surface area contributed by atoms with Gasteiger partial charge in [0.05, 0.1) is 11.9 Å². The summed E-state index contributed by atoms with van der Waals surface area (Å²) in [5.41, 5.74) is 7.88. The van der Waals surface area contributed by atoms with Crippen molar-refractivity contribution < 1.29 is 8.42 Å². The van der Waals surface area contributed by atoms with Crippen LogP contribution in [0.2, 0.25) is 0 Å². The minimum Gasteiger partial charge on any atom is -0.383 e. The predicted octanol–water partition coefficient (Wildman–Crippen LogP) is 2.17. The Labute approximate surface area is 119 Å². The second-order valence-electron chi connectivity index (χ2n) is 4.19. The zero-order valence-corrected chi connectivity index (χ0v) is 12.8. The first kappa shape index (κ1) is 13.9. The van der Waals surface area contributed by atoms with Gasteiger partial charge in [-0.3, -0.25) is 9.82 Å². The van der Waals surface area contributed by atoms with Crippen molar-refractivity contribution in [1.29, 1.82) is 0 Å². The number of nitrogen functional groups attached to an aromatic ring is 1.